The summed E-state index contributed by atoms with van der Waals surface area (Å²) in [5.74, 6) is -0.406. The molecule has 0 spiro atoms. The lowest BCUT2D eigenvalue weighted by molar-refractivity contribution is 0.102. The number of para-hydroxylation sites is 1. The van der Waals surface area contributed by atoms with Crippen molar-refractivity contribution in [2.45, 2.75) is 26.9 Å². The minimum atomic E-state index is -0.348. The number of amides is 1. The fourth-order valence-corrected chi connectivity index (χ4v) is 4.14. The van der Waals surface area contributed by atoms with E-state index < -0.39 is 0 Å². The molecule has 1 N–H and O–H groups in total. The molecule has 3 aromatic heterocycles. The van der Waals surface area contributed by atoms with Gasteiger partial charge in [-0.25, -0.2) is 9.37 Å². The number of aromatic nitrogens is 5. The number of nitrogens with zero attached hydrogens (tertiary/aromatic N) is 5. The highest BCUT2D eigenvalue weighted by atomic mass is 35.5. The van der Waals surface area contributed by atoms with E-state index >= 15 is 0 Å². The molecule has 0 aliphatic heterocycles. The topological polar surface area (TPSA) is 77.6 Å². The molecule has 0 saturated heterocycles. The van der Waals surface area contributed by atoms with Gasteiger partial charge in [0.1, 0.15) is 10.8 Å². The van der Waals surface area contributed by atoms with Gasteiger partial charge in [-0.2, -0.15) is 10.2 Å². The molecule has 0 aliphatic rings. The van der Waals surface area contributed by atoms with Crippen LogP contribution in [-0.4, -0.2) is 30.5 Å². The lowest BCUT2D eigenvalue weighted by atomic mass is 10.0. The Balaban J connectivity index is 1.47. The number of rotatable bonds is 6. The molecule has 3 heterocycles. The first-order valence-electron chi connectivity index (χ1n) is 11.1. The van der Waals surface area contributed by atoms with E-state index in [0.29, 0.717) is 28.3 Å². The van der Waals surface area contributed by atoms with E-state index in [9.17, 15) is 9.18 Å². The summed E-state index contributed by atoms with van der Waals surface area (Å²) in [6.45, 7) is 5.06. The van der Waals surface area contributed by atoms with E-state index in [0.717, 1.165) is 28.8 Å². The highest BCUT2D eigenvalue weighted by molar-refractivity contribution is 6.33. The van der Waals surface area contributed by atoms with E-state index in [1.54, 1.807) is 29.1 Å². The van der Waals surface area contributed by atoms with Gasteiger partial charge in [-0.05, 0) is 43.7 Å². The summed E-state index contributed by atoms with van der Waals surface area (Å²) >= 11 is 6.37. The van der Waals surface area contributed by atoms with Crippen molar-refractivity contribution >= 4 is 34.2 Å². The maximum Gasteiger partial charge on any atom is 0.257 e. The molecule has 0 atom stereocenters. The number of hydrogen-bond acceptors (Lipinski definition) is 4. The van der Waals surface area contributed by atoms with Crippen LogP contribution in [0.1, 0.15) is 28.5 Å². The number of fused-ring (bicyclic) bond motifs is 1. The standard InChI is InChI=1S/C26H22ClFN6O/c1-3-33-14-21(16(2)31-33)24-12-20(19-6-4-5-7-23(19)29-24)26(35)30-25-22(27)15-34(32-25)13-17-8-10-18(28)11-9-17/h4-12,14-15H,3,13H2,1-2H3,(H,30,32,35). The molecule has 35 heavy (non-hydrogen) atoms. The van der Waals surface area contributed by atoms with Gasteiger partial charge in [-0.15, -0.1) is 0 Å². The van der Waals surface area contributed by atoms with Crippen molar-refractivity contribution in [1.82, 2.24) is 24.5 Å². The molecule has 9 heteroatoms. The van der Waals surface area contributed by atoms with Gasteiger partial charge in [0, 0.05) is 29.9 Å². The van der Waals surface area contributed by atoms with Gasteiger partial charge in [0.15, 0.2) is 5.82 Å². The second-order valence-electron chi connectivity index (χ2n) is 8.16. The Morgan fingerprint density at radius 2 is 1.83 bits per heavy atom. The average Bonchev–Trinajstić information content (AvgIpc) is 3.41. The Labute approximate surface area is 206 Å². The highest BCUT2D eigenvalue weighted by Gasteiger charge is 2.18. The first-order valence-corrected chi connectivity index (χ1v) is 11.5. The van der Waals surface area contributed by atoms with Crippen LogP contribution in [0, 0.1) is 12.7 Å². The highest BCUT2D eigenvalue weighted by Crippen LogP contribution is 2.28. The van der Waals surface area contributed by atoms with Gasteiger partial charge in [-0.1, -0.05) is 41.9 Å². The Morgan fingerprint density at radius 1 is 1.06 bits per heavy atom. The normalized spacial score (nSPS) is 11.2. The Morgan fingerprint density at radius 3 is 2.57 bits per heavy atom. The number of carbonyl (C=O) groups is 1. The van der Waals surface area contributed by atoms with Crippen LogP contribution in [0.15, 0.2) is 67.0 Å². The molecule has 0 unspecified atom stereocenters. The Kier molecular flexibility index (Phi) is 6.05. The van der Waals surface area contributed by atoms with E-state index in [1.807, 2.05) is 49.0 Å². The van der Waals surface area contributed by atoms with Crippen LogP contribution in [0.4, 0.5) is 10.2 Å². The maximum atomic E-state index is 13.4. The zero-order valence-electron chi connectivity index (χ0n) is 19.2. The molecule has 0 aliphatic carbocycles. The number of aryl methyl sites for hydroxylation is 2. The van der Waals surface area contributed by atoms with Crippen molar-refractivity contribution in [3.63, 3.8) is 0 Å². The maximum absolute atomic E-state index is 13.4. The van der Waals surface area contributed by atoms with Gasteiger partial charge >= 0.3 is 0 Å². The number of hydrogen-bond donors (Lipinski definition) is 1. The first-order chi connectivity index (χ1) is 16.9. The molecule has 0 fully saturated rings. The number of pyridine rings is 1. The summed E-state index contributed by atoms with van der Waals surface area (Å²) in [6.07, 6.45) is 3.56. The Bertz CT molecular complexity index is 1540. The first kappa shape index (κ1) is 22.7. The molecule has 0 saturated carbocycles. The third-order valence-electron chi connectivity index (χ3n) is 5.71. The zero-order chi connectivity index (χ0) is 24.5. The molecule has 7 nitrogen and oxygen atoms in total. The fourth-order valence-electron chi connectivity index (χ4n) is 3.95. The molecule has 2 aromatic carbocycles. The zero-order valence-corrected chi connectivity index (χ0v) is 19.9. The quantitative estimate of drug-likeness (QED) is 0.332. The van der Waals surface area contributed by atoms with Gasteiger partial charge < -0.3 is 5.32 Å². The van der Waals surface area contributed by atoms with Crippen LogP contribution in [0.25, 0.3) is 22.2 Å². The van der Waals surface area contributed by atoms with Gasteiger partial charge in [0.25, 0.3) is 5.91 Å². The third kappa shape index (κ3) is 4.65. The minimum absolute atomic E-state index is 0.246. The largest absolute Gasteiger partial charge is 0.304 e. The molecular weight excluding hydrogens is 467 g/mol. The van der Waals surface area contributed by atoms with Crippen LogP contribution in [0.3, 0.4) is 0 Å². The number of anilines is 1. The van der Waals surface area contributed by atoms with E-state index in [-0.39, 0.29) is 17.5 Å². The molecule has 5 rings (SSSR count). The van der Waals surface area contributed by atoms with Crippen LogP contribution in [0.2, 0.25) is 5.02 Å². The van der Waals surface area contributed by atoms with Gasteiger partial charge in [0.2, 0.25) is 0 Å². The summed E-state index contributed by atoms with van der Waals surface area (Å²) in [4.78, 5) is 18.2. The van der Waals surface area contributed by atoms with Crippen LogP contribution in [0.5, 0.6) is 0 Å². The van der Waals surface area contributed by atoms with Crippen molar-refractivity contribution in [3.05, 3.63) is 94.7 Å². The molecule has 176 valence electrons. The predicted molar refractivity (Wildman–Crippen MR) is 134 cm³/mol. The summed E-state index contributed by atoms with van der Waals surface area (Å²) in [5, 5.41) is 12.8. The lowest BCUT2D eigenvalue weighted by Gasteiger charge is -2.09. The number of benzene rings is 2. The third-order valence-corrected chi connectivity index (χ3v) is 5.99. The fraction of sp³-hybridized carbons (Fsp3) is 0.154. The second kappa shape index (κ2) is 9.31. The van der Waals surface area contributed by atoms with Crippen molar-refractivity contribution in [1.29, 1.82) is 0 Å². The SMILES string of the molecule is CCn1cc(-c2cc(C(=O)Nc3nn(Cc4ccc(F)cc4)cc3Cl)c3ccccc3n2)c(C)n1. The molecule has 1 amide bonds. The monoisotopic (exact) mass is 488 g/mol. The summed E-state index contributed by atoms with van der Waals surface area (Å²) in [7, 11) is 0. The lowest BCUT2D eigenvalue weighted by Crippen LogP contribution is -2.14. The minimum Gasteiger partial charge on any atom is -0.304 e. The summed E-state index contributed by atoms with van der Waals surface area (Å²) in [6, 6.07) is 15.4. The van der Waals surface area contributed by atoms with Crippen LogP contribution < -0.4 is 5.32 Å². The molecular formula is C26H22ClFN6O. The van der Waals surface area contributed by atoms with Gasteiger partial charge in [-0.3, -0.25) is 14.2 Å². The number of carbonyl (C=O) groups excluding carboxylic acids is 1. The smallest absolute Gasteiger partial charge is 0.257 e. The van der Waals surface area contributed by atoms with Crippen LogP contribution >= 0.6 is 11.6 Å². The Hall–Kier alpha value is -4.04. The predicted octanol–water partition coefficient (Wildman–Crippen LogP) is 5.72. The number of nitrogens with one attached hydrogen (secondary N) is 1. The van der Waals surface area contributed by atoms with Gasteiger partial charge in [0.05, 0.1) is 29.0 Å². The van der Waals surface area contributed by atoms with Crippen molar-refractivity contribution in [3.8, 4) is 11.3 Å². The second-order valence-corrected chi connectivity index (χ2v) is 8.57. The molecule has 0 bridgehead atoms. The number of halogens is 2. The van der Waals surface area contributed by atoms with Crippen molar-refractivity contribution in [2.24, 2.45) is 0 Å². The van der Waals surface area contributed by atoms with Crippen molar-refractivity contribution in [2.75, 3.05) is 5.32 Å². The van der Waals surface area contributed by atoms with Crippen molar-refractivity contribution < 1.29 is 9.18 Å². The molecule has 0 radical (unpaired) electrons. The van der Waals surface area contributed by atoms with E-state index in [4.69, 9.17) is 16.6 Å². The van der Waals surface area contributed by atoms with E-state index in [2.05, 4.69) is 15.5 Å². The average molecular weight is 489 g/mol. The van der Waals surface area contributed by atoms with E-state index in [1.165, 1.54) is 12.1 Å². The molecule has 5 aromatic rings. The van der Waals surface area contributed by atoms with Crippen LogP contribution in [-0.2, 0) is 13.1 Å². The summed E-state index contributed by atoms with van der Waals surface area (Å²) < 4.78 is 16.6. The summed E-state index contributed by atoms with van der Waals surface area (Å²) in [5.41, 5.74) is 4.39.